The van der Waals surface area contributed by atoms with Crippen molar-refractivity contribution in [2.45, 2.75) is 34.6 Å². The molecule has 0 rings (SSSR count). The van der Waals surface area contributed by atoms with Crippen LogP contribution < -0.4 is 0 Å². The van der Waals surface area contributed by atoms with E-state index in [9.17, 15) is 0 Å². The summed E-state index contributed by atoms with van der Waals surface area (Å²) in [5, 5.41) is 0. The van der Waals surface area contributed by atoms with Crippen molar-refractivity contribution >= 4 is 38.0 Å². The van der Waals surface area contributed by atoms with Crippen molar-refractivity contribution in [3.8, 4) is 0 Å². The molecule has 0 bridgehead atoms. The normalized spacial score (nSPS) is 12.7. The summed E-state index contributed by atoms with van der Waals surface area (Å²) in [5.74, 6) is 4.78. The van der Waals surface area contributed by atoms with Crippen LogP contribution in [0.1, 0.15) is 0 Å². The molecule has 0 aliphatic rings. The second-order valence-electron chi connectivity index (χ2n) is 3.17. The van der Waals surface area contributed by atoms with Crippen LogP contribution >= 0.6 is 0 Å². The van der Waals surface area contributed by atoms with E-state index in [0.717, 1.165) is 33.3 Å². The molecule has 3 heteroatoms. The topological polar surface area (TPSA) is 0 Å². The summed E-state index contributed by atoms with van der Waals surface area (Å²) < 4.78 is 1.16. The molecule has 0 N–H and O–H groups in total. The first kappa shape index (κ1) is 10.3. The van der Waals surface area contributed by atoms with Gasteiger partial charge in [0.15, 0.2) is 0 Å². The fraction of sp³-hybridized carbons (Fsp3) is 1.00. The summed E-state index contributed by atoms with van der Waals surface area (Å²) in [5.41, 5.74) is 0. The Kier molecular flexibility index (Phi) is 4.79. The van der Waals surface area contributed by atoms with Gasteiger partial charge in [0.05, 0.1) is 0 Å². The third kappa shape index (κ3) is 3.85. The van der Waals surface area contributed by atoms with Gasteiger partial charge in [0, 0.05) is 0 Å². The van der Waals surface area contributed by atoms with E-state index in [4.69, 9.17) is 0 Å². The van der Waals surface area contributed by atoms with Crippen molar-refractivity contribution in [1.29, 1.82) is 0 Å². The maximum absolute atomic E-state index is 2.49. The van der Waals surface area contributed by atoms with Gasteiger partial charge in [-0.25, -0.2) is 0 Å². The van der Waals surface area contributed by atoms with Crippen LogP contribution in [0.25, 0.3) is 0 Å². The van der Waals surface area contributed by atoms with Crippen molar-refractivity contribution in [3.63, 3.8) is 0 Å². The fourth-order valence-electron chi connectivity index (χ4n) is 0.803. The Labute approximate surface area is 72.5 Å². The van der Waals surface area contributed by atoms with E-state index in [-0.39, 0.29) is 0 Å². The first-order valence-corrected chi connectivity index (χ1v) is 12.1. The zero-order valence-electron chi connectivity index (χ0n) is 6.89. The molecule has 0 amide bonds. The molecule has 0 aromatic rings. The van der Waals surface area contributed by atoms with E-state index in [1.54, 1.807) is 0 Å². The van der Waals surface area contributed by atoms with Gasteiger partial charge >= 0.3 is 72.6 Å². The minimum absolute atomic E-state index is 0.731. The van der Waals surface area contributed by atoms with Gasteiger partial charge in [-0.1, -0.05) is 0 Å². The van der Waals surface area contributed by atoms with Crippen LogP contribution in [-0.4, -0.2) is 38.0 Å². The zero-order valence-corrected chi connectivity index (χ0v) is 11.3. The van der Waals surface area contributed by atoms with E-state index in [2.05, 4.69) is 31.3 Å². The fourth-order valence-corrected chi connectivity index (χ4v) is 13.6. The summed E-state index contributed by atoms with van der Waals surface area (Å²) in [6.45, 7) is 7.48. The van der Waals surface area contributed by atoms with Crippen molar-refractivity contribution in [1.82, 2.24) is 0 Å². The van der Waals surface area contributed by atoms with Gasteiger partial charge in [0.25, 0.3) is 0 Å². The molecule has 0 aromatic heterocycles. The molecule has 0 aromatic carbocycles. The molecular weight excluding hydrogens is 258 g/mol. The summed E-state index contributed by atoms with van der Waals surface area (Å²) in [4.78, 5) is 0. The molecule has 0 radical (unpaired) electrons. The van der Waals surface area contributed by atoms with Gasteiger partial charge < -0.3 is 0 Å². The standard InChI is InChI=1S/C6H16Se2Si/c1-7-6(8-2)9(3,4)5/h6H,1-5H3. The Balaban J connectivity index is 3.79. The van der Waals surface area contributed by atoms with Crippen LogP contribution in [0.3, 0.4) is 0 Å². The summed E-state index contributed by atoms with van der Waals surface area (Å²) in [6, 6.07) is 0. The molecule has 0 atom stereocenters. The Morgan fingerprint density at radius 3 is 1.33 bits per heavy atom. The quantitative estimate of drug-likeness (QED) is 0.691. The van der Waals surface area contributed by atoms with E-state index < -0.39 is 8.07 Å². The molecular formula is C6H16Se2Si. The van der Waals surface area contributed by atoms with Gasteiger partial charge in [-0.05, 0) is 0 Å². The van der Waals surface area contributed by atoms with Gasteiger partial charge in [0.1, 0.15) is 0 Å². The van der Waals surface area contributed by atoms with Crippen molar-refractivity contribution in [3.05, 3.63) is 0 Å². The average molecular weight is 274 g/mol. The van der Waals surface area contributed by atoms with E-state index in [1.165, 1.54) is 0 Å². The molecule has 0 saturated carbocycles. The van der Waals surface area contributed by atoms with Crippen LogP contribution in [0, 0.1) is 0 Å². The van der Waals surface area contributed by atoms with Crippen LogP contribution in [0.2, 0.25) is 34.6 Å². The predicted molar refractivity (Wildman–Crippen MR) is 50.3 cm³/mol. The predicted octanol–water partition coefficient (Wildman–Crippen LogP) is 2.11. The first-order chi connectivity index (χ1) is 4.02. The zero-order chi connectivity index (χ0) is 7.49. The van der Waals surface area contributed by atoms with E-state index in [1.807, 2.05) is 0 Å². The van der Waals surface area contributed by atoms with Crippen molar-refractivity contribution in [2.24, 2.45) is 0 Å². The van der Waals surface area contributed by atoms with Gasteiger partial charge in [-0.2, -0.15) is 0 Å². The molecule has 0 saturated heterocycles. The monoisotopic (exact) mass is 276 g/mol. The van der Waals surface area contributed by atoms with Crippen LogP contribution in [-0.2, 0) is 0 Å². The number of hydrogen-bond donors (Lipinski definition) is 0. The molecule has 0 fully saturated rings. The SMILES string of the molecule is C[Se]C([Se]C)[Si](C)(C)C. The Morgan fingerprint density at radius 1 is 1.00 bits per heavy atom. The molecule has 0 heterocycles. The second-order valence-corrected chi connectivity index (χ2v) is 15.8. The molecule has 0 nitrogen and oxygen atoms in total. The molecule has 0 spiro atoms. The third-order valence-electron chi connectivity index (χ3n) is 1.14. The number of rotatable bonds is 3. The van der Waals surface area contributed by atoms with Crippen LogP contribution in [0.4, 0.5) is 0 Å². The minimum atomic E-state index is -0.731. The molecule has 0 aliphatic carbocycles. The second kappa shape index (κ2) is 4.20. The van der Waals surface area contributed by atoms with Crippen molar-refractivity contribution in [2.75, 3.05) is 0 Å². The van der Waals surface area contributed by atoms with Gasteiger partial charge in [0.2, 0.25) is 0 Å². The Morgan fingerprint density at radius 2 is 1.33 bits per heavy atom. The number of hydrogen-bond acceptors (Lipinski definition) is 0. The Hall–Kier alpha value is 1.26. The molecule has 0 aliphatic heterocycles. The van der Waals surface area contributed by atoms with Crippen LogP contribution in [0.15, 0.2) is 0 Å². The summed E-state index contributed by atoms with van der Waals surface area (Å²) in [7, 11) is -0.731. The van der Waals surface area contributed by atoms with Crippen molar-refractivity contribution < 1.29 is 0 Å². The van der Waals surface area contributed by atoms with Gasteiger partial charge in [-0.15, -0.1) is 0 Å². The van der Waals surface area contributed by atoms with Gasteiger partial charge in [-0.3, -0.25) is 0 Å². The maximum atomic E-state index is 2.49. The third-order valence-corrected chi connectivity index (χ3v) is 19.9. The average Bonchev–Trinajstić information content (AvgIpc) is 1.65. The molecule has 9 heavy (non-hydrogen) atoms. The first-order valence-electron chi connectivity index (χ1n) is 3.08. The summed E-state index contributed by atoms with van der Waals surface area (Å²) >= 11 is 1.83. The molecule has 0 unspecified atom stereocenters. The van der Waals surface area contributed by atoms with E-state index >= 15 is 0 Å². The van der Waals surface area contributed by atoms with Crippen LogP contribution in [0.5, 0.6) is 0 Å². The van der Waals surface area contributed by atoms with E-state index in [0.29, 0.717) is 0 Å². The Bertz CT molecular complexity index is 73.6. The molecule has 56 valence electrons. The summed E-state index contributed by atoms with van der Waals surface area (Å²) in [6.07, 6.45) is 0.